The highest BCUT2D eigenvalue weighted by Gasteiger charge is 2.17. The zero-order valence-electron chi connectivity index (χ0n) is 21.3. The molecule has 0 unspecified atom stereocenters. The van der Waals surface area contributed by atoms with E-state index >= 15 is 0 Å². The van der Waals surface area contributed by atoms with Crippen LogP contribution in [0.4, 0.5) is 5.69 Å². The van der Waals surface area contributed by atoms with E-state index in [4.69, 9.17) is 4.98 Å². The molecule has 1 aromatic carbocycles. The Labute approximate surface area is 227 Å². The van der Waals surface area contributed by atoms with Crippen LogP contribution in [0.2, 0.25) is 0 Å². The highest BCUT2D eigenvalue weighted by atomic mass is 16.1. The predicted octanol–water partition coefficient (Wildman–Crippen LogP) is 4.63. The number of carbonyl (C=O) groups excluding carboxylic acids is 1. The van der Waals surface area contributed by atoms with E-state index in [0.29, 0.717) is 28.5 Å². The molecule has 0 aliphatic rings. The van der Waals surface area contributed by atoms with Gasteiger partial charge in [-0.1, -0.05) is 30.3 Å². The summed E-state index contributed by atoms with van der Waals surface area (Å²) < 4.78 is 1.94. The summed E-state index contributed by atoms with van der Waals surface area (Å²) >= 11 is 0. The summed E-state index contributed by atoms with van der Waals surface area (Å²) in [5, 5.41) is 11.3. The maximum atomic E-state index is 12.6. The average molecular weight is 527 g/mol. The molecule has 0 saturated heterocycles. The summed E-state index contributed by atoms with van der Waals surface area (Å²) in [6.45, 7) is 1.94. The summed E-state index contributed by atoms with van der Waals surface area (Å²) in [5.74, 6) is 0.463. The maximum Gasteiger partial charge on any atom is 0.228 e. The van der Waals surface area contributed by atoms with E-state index in [-0.39, 0.29) is 12.3 Å². The van der Waals surface area contributed by atoms with Crippen molar-refractivity contribution in [1.82, 2.24) is 44.7 Å². The molecule has 0 spiro atoms. The van der Waals surface area contributed by atoms with Gasteiger partial charge in [-0.25, -0.2) is 15.0 Å². The summed E-state index contributed by atoms with van der Waals surface area (Å²) in [5.41, 5.74) is 7.55. The van der Waals surface area contributed by atoms with Gasteiger partial charge >= 0.3 is 0 Å². The van der Waals surface area contributed by atoms with Crippen LogP contribution < -0.4 is 5.32 Å². The molecule has 0 aliphatic carbocycles. The Morgan fingerprint density at radius 1 is 1.02 bits per heavy atom. The molecule has 0 atom stereocenters. The zero-order chi connectivity index (χ0) is 27.1. The topological polar surface area (TPSA) is 143 Å². The second-order valence-corrected chi connectivity index (χ2v) is 9.40. The number of anilines is 1. The van der Waals surface area contributed by atoms with Gasteiger partial charge in [0, 0.05) is 29.5 Å². The van der Waals surface area contributed by atoms with Crippen molar-refractivity contribution >= 4 is 33.7 Å². The average Bonchev–Trinajstić information content (AvgIpc) is 3.71. The van der Waals surface area contributed by atoms with E-state index < -0.39 is 0 Å². The van der Waals surface area contributed by atoms with E-state index in [1.165, 1.54) is 0 Å². The predicted molar refractivity (Wildman–Crippen MR) is 151 cm³/mol. The quantitative estimate of drug-likeness (QED) is 0.287. The lowest BCUT2D eigenvalue weighted by molar-refractivity contribution is -0.115. The van der Waals surface area contributed by atoms with Crippen molar-refractivity contribution in [3.63, 3.8) is 0 Å². The highest BCUT2D eigenvalue weighted by Crippen LogP contribution is 2.30. The first-order valence-electron chi connectivity index (χ1n) is 12.6. The number of imidazole rings is 2. The highest BCUT2D eigenvalue weighted by molar-refractivity contribution is 5.96. The number of aromatic nitrogens is 9. The molecule has 0 saturated carbocycles. The number of pyridine rings is 3. The molecule has 0 radical (unpaired) electrons. The molecule has 11 nitrogen and oxygen atoms in total. The van der Waals surface area contributed by atoms with Crippen molar-refractivity contribution in [2.45, 2.75) is 13.3 Å². The molecule has 6 heterocycles. The first kappa shape index (κ1) is 23.4. The van der Waals surface area contributed by atoms with Crippen molar-refractivity contribution in [3.8, 4) is 28.5 Å². The van der Waals surface area contributed by atoms with E-state index in [1.807, 2.05) is 66.2 Å². The Morgan fingerprint density at radius 2 is 1.93 bits per heavy atom. The Balaban J connectivity index is 1.21. The Bertz CT molecular complexity index is 2000. The third kappa shape index (κ3) is 4.35. The second kappa shape index (κ2) is 9.55. The first-order valence-corrected chi connectivity index (χ1v) is 12.6. The van der Waals surface area contributed by atoms with Gasteiger partial charge in [-0.2, -0.15) is 5.10 Å². The van der Waals surface area contributed by atoms with Gasteiger partial charge in [0.1, 0.15) is 11.2 Å². The molecule has 3 N–H and O–H groups in total. The number of carbonyl (C=O) groups is 1. The molecule has 11 heteroatoms. The number of hydrogen-bond acceptors (Lipinski definition) is 7. The van der Waals surface area contributed by atoms with Gasteiger partial charge in [0.2, 0.25) is 5.91 Å². The van der Waals surface area contributed by atoms with Crippen molar-refractivity contribution in [1.29, 1.82) is 0 Å². The summed E-state index contributed by atoms with van der Waals surface area (Å²) in [6.07, 6.45) is 10.8. The molecule has 1 amide bonds. The van der Waals surface area contributed by atoms with Crippen molar-refractivity contribution in [2.75, 3.05) is 5.32 Å². The fourth-order valence-corrected chi connectivity index (χ4v) is 4.67. The van der Waals surface area contributed by atoms with Gasteiger partial charge in [-0.05, 0) is 30.7 Å². The molecule has 0 fully saturated rings. The number of fused-ring (bicyclic) bond motifs is 2. The minimum atomic E-state index is -0.116. The number of amides is 1. The summed E-state index contributed by atoms with van der Waals surface area (Å²) in [4.78, 5) is 38.4. The second-order valence-electron chi connectivity index (χ2n) is 9.40. The molecule has 0 aliphatic heterocycles. The molecule has 194 valence electrons. The molecule has 0 bridgehead atoms. The molecular weight excluding hydrogens is 504 g/mol. The van der Waals surface area contributed by atoms with Crippen molar-refractivity contribution < 1.29 is 4.79 Å². The van der Waals surface area contributed by atoms with Crippen LogP contribution in [-0.2, 0) is 11.2 Å². The van der Waals surface area contributed by atoms with Crippen LogP contribution in [0.3, 0.4) is 0 Å². The summed E-state index contributed by atoms with van der Waals surface area (Å²) in [7, 11) is 0. The lowest BCUT2D eigenvalue weighted by Gasteiger charge is -2.07. The normalized spacial score (nSPS) is 11.3. The fraction of sp³-hybridized carbons (Fsp3) is 0.0690. The number of H-pyrrole nitrogens is 2. The third-order valence-electron chi connectivity index (χ3n) is 6.56. The van der Waals surface area contributed by atoms with E-state index in [2.05, 4.69) is 40.4 Å². The van der Waals surface area contributed by atoms with Crippen LogP contribution >= 0.6 is 0 Å². The minimum Gasteiger partial charge on any atom is -0.333 e. The van der Waals surface area contributed by atoms with Gasteiger partial charge in [0.15, 0.2) is 11.5 Å². The monoisotopic (exact) mass is 526 g/mol. The lowest BCUT2D eigenvalue weighted by atomic mass is 10.1. The smallest absolute Gasteiger partial charge is 0.228 e. The standard InChI is InChI=1S/C29H22N10O/c1-17-15-39(16-33-17)24-7-8-31-28-27(24)35-29(36-28)26-21-11-22(32-14-23(21)37-38-26)19-10-20(13-30-12-19)34-25(40)9-18-5-3-2-4-6-18/h2-8,10-16H,9H2,1H3,(H,34,40)(H,37,38)(H,31,35,36). The van der Waals surface area contributed by atoms with Gasteiger partial charge in [-0.3, -0.25) is 19.9 Å². The fourth-order valence-electron chi connectivity index (χ4n) is 4.67. The third-order valence-corrected chi connectivity index (χ3v) is 6.56. The number of aromatic amines is 2. The SMILES string of the molecule is Cc1cn(-c2ccnc3nc(-c4n[nH]c5cnc(-c6cncc(NC(=O)Cc7ccccc7)c6)cc45)[nH]c23)cn1. The zero-order valence-corrected chi connectivity index (χ0v) is 21.3. The van der Waals surface area contributed by atoms with Crippen LogP contribution in [0, 0.1) is 6.92 Å². The van der Waals surface area contributed by atoms with Gasteiger partial charge < -0.3 is 14.9 Å². The minimum absolute atomic E-state index is 0.116. The van der Waals surface area contributed by atoms with Crippen LogP contribution in [0.5, 0.6) is 0 Å². The van der Waals surface area contributed by atoms with Crippen LogP contribution in [-0.4, -0.2) is 50.6 Å². The van der Waals surface area contributed by atoms with Gasteiger partial charge in [-0.15, -0.1) is 0 Å². The van der Waals surface area contributed by atoms with E-state index in [9.17, 15) is 4.79 Å². The van der Waals surface area contributed by atoms with E-state index in [1.54, 1.807) is 31.1 Å². The number of hydrogen-bond donors (Lipinski definition) is 3. The molecule has 7 aromatic rings. The molecule has 6 aromatic heterocycles. The summed E-state index contributed by atoms with van der Waals surface area (Å²) in [6, 6.07) is 15.3. The maximum absolute atomic E-state index is 12.6. The van der Waals surface area contributed by atoms with Gasteiger partial charge in [0.25, 0.3) is 0 Å². The van der Waals surface area contributed by atoms with Gasteiger partial charge in [0.05, 0.1) is 53.4 Å². The Kier molecular flexibility index (Phi) is 5.59. The first-order chi connectivity index (χ1) is 19.6. The largest absolute Gasteiger partial charge is 0.333 e. The van der Waals surface area contributed by atoms with E-state index in [0.717, 1.165) is 38.9 Å². The van der Waals surface area contributed by atoms with Crippen LogP contribution in [0.1, 0.15) is 11.3 Å². The van der Waals surface area contributed by atoms with Crippen molar-refractivity contribution in [3.05, 3.63) is 97.1 Å². The molecule has 40 heavy (non-hydrogen) atoms. The number of nitrogens with one attached hydrogen (secondary N) is 3. The van der Waals surface area contributed by atoms with Crippen LogP contribution in [0.25, 0.3) is 50.5 Å². The molecule has 7 rings (SSSR count). The van der Waals surface area contributed by atoms with Crippen molar-refractivity contribution in [2.24, 2.45) is 0 Å². The van der Waals surface area contributed by atoms with Crippen LogP contribution in [0.15, 0.2) is 85.8 Å². The molecular formula is C29H22N10O. The number of rotatable bonds is 6. The Morgan fingerprint density at radius 3 is 2.77 bits per heavy atom. The number of aryl methyl sites for hydroxylation is 1. The lowest BCUT2D eigenvalue weighted by Crippen LogP contribution is -2.14. The number of benzene rings is 1. The Hall–Kier alpha value is -5.71. The number of nitrogens with zero attached hydrogens (tertiary/aromatic N) is 7.